The van der Waals surface area contributed by atoms with Gasteiger partial charge >= 0.3 is 5.63 Å². The van der Waals surface area contributed by atoms with Gasteiger partial charge in [-0.2, -0.15) is 0 Å². The SMILES string of the molecule is COc1ccc(-n2c(-c3ccccc3)cc3oc(=O)c(Sc4nc5ccccc5o4)c(O)c3c2=O)cc1. The molecule has 0 aliphatic rings. The molecule has 8 nitrogen and oxygen atoms in total. The number of aromatic nitrogens is 2. The molecule has 0 aliphatic carbocycles. The van der Waals surface area contributed by atoms with E-state index in [0.29, 0.717) is 28.2 Å². The molecule has 6 rings (SSSR count). The number of nitrogens with zero attached hydrogens (tertiary/aromatic N) is 2. The zero-order valence-electron chi connectivity index (χ0n) is 19.4. The normalized spacial score (nSPS) is 11.3. The molecule has 182 valence electrons. The van der Waals surface area contributed by atoms with Crippen molar-refractivity contribution >= 4 is 33.8 Å². The minimum Gasteiger partial charge on any atom is -0.505 e. The van der Waals surface area contributed by atoms with Crippen molar-refractivity contribution < 1.29 is 18.7 Å². The number of rotatable bonds is 5. The lowest BCUT2D eigenvalue weighted by Gasteiger charge is -2.15. The van der Waals surface area contributed by atoms with Gasteiger partial charge in [0.05, 0.1) is 12.8 Å². The Balaban J connectivity index is 1.59. The summed E-state index contributed by atoms with van der Waals surface area (Å²) < 4.78 is 17.9. The Hall–Kier alpha value is -4.76. The van der Waals surface area contributed by atoms with Gasteiger partial charge in [-0.25, -0.2) is 9.78 Å². The number of pyridine rings is 1. The number of ether oxygens (including phenoxy) is 1. The maximum absolute atomic E-state index is 13.9. The van der Waals surface area contributed by atoms with Gasteiger partial charge in [-0.3, -0.25) is 9.36 Å². The molecule has 0 spiro atoms. The van der Waals surface area contributed by atoms with Crippen LogP contribution in [0.5, 0.6) is 11.5 Å². The minimum absolute atomic E-state index is 0.0296. The highest BCUT2D eigenvalue weighted by Gasteiger charge is 2.23. The minimum atomic E-state index is -0.808. The summed E-state index contributed by atoms with van der Waals surface area (Å²) in [7, 11) is 1.56. The molecule has 0 fully saturated rings. The van der Waals surface area contributed by atoms with E-state index in [4.69, 9.17) is 13.6 Å². The lowest BCUT2D eigenvalue weighted by Crippen LogP contribution is -2.21. The van der Waals surface area contributed by atoms with Gasteiger partial charge < -0.3 is 18.7 Å². The largest absolute Gasteiger partial charge is 0.505 e. The third kappa shape index (κ3) is 3.95. The molecule has 6 aromatic rings. The van der Waals surface area contributed by atoms with Crippen molar-refractivity contribution in [1.29, 1.82) is 0 Å². The van der Waals surface area contributed by atoms with Gasteiger partial charge in [0, 0.05) is 11.8 Å². The molecular weight excluding hydrogens is 492 g/mol. The number of aromatic hydroxyl groups is 1. The van der Waals surface area contributed by atoms with Gasteiger partial charge in [-0.05, 0) is 53.7 Å². The van der Waals surface area contributed by atoms with Crippen molar-refractivity contribution in [2.45, 2.75) is 10.1 Å². The summed E-state index contributed by atoms with van der Waals surface area (Å²) in [5.41, 5.74) is 1.51. The van der Waals surface area contributed by atoms with Gasteiger partial charge in [-0.15, -0.1) is 0 Å². The molecule has 3 aromatic carbocycles. The molecular formula is C28H18N2O6S. The predicted molar refractivity (Wildman–Crippen MR) is 140 cm³/mol. The van der Waals surface area contributed by atoms with Crippen LogP contribution in [0.2, 0.25) is 0 Å². The number of fused-ring (bicyclic) bond motifs is 2. The van der Waals surface area contributed by atoms with Gasteiger partial charge in [0.15, 0.2) is 11.3 Å². The van der Waals surface area contributed by atoms with E-state index in [2.05, 4.69) is 4.98 Å². The average Bonchev–Trinajstić information content (AvgIpc) is 3.34. The number of oxazole rings is 1. The molecule has 0 unspecified atom stereocenters. The van der Waals surface area contributed by atoms with Crippen LogP contribution in [-0.4, -0.2) is 21.8 Å². The van der Waals surface area contributed by atoms with Crippen molar-refractivity contribution in [2.75, 3.05) is 7.11 Å². The smallest absolute Gasteiger partial charge is 0.354 e. The molecule has 0 aliphatic heterocycles. The second-order valence-electron chi connectivity index (χ2n) is 8.09. The first kappa shape index (κ1) is 22.7. The number of hydrogen-bond acceptors (Lipinski definition) is 8. The highest BCUT2D eigenvalue weighted by molar-refractivity contribution is 7.99. The molecule has 3 heterocycles. The van der Waals surface area contributed by atoms with Crippen LogP contribution in [0.15, 0.2) is 113 Å². The van der Waals surface area contributed by atoms with E-state index >= 15 is 0 Å². The fourth-order valence-corrected chi connectivity index (χ4v) is 4.90. The monoisotopic (exact) mass is 510 g/mol. The fraction of sp³-hybridized carbons (Fsp3) is 0.0357. The van der Waals surface area contributed by atoms with Gasteiger partial charge in [0.1, 0.15) is 27.1 Å². The molecule has 1 N–H and O–H groups in total. The van der Waals surface area contributed by atoms with Gasteiger partial charge in [0.2, 0.25) is 0 Å². The first-order valence-electron chi connectivity index (χ1n) is 11.2. The second-order valence-corrected chi connectivity index (χ2v) is 9.05. The Labute approximate surface area is 213 Å². The molecule has 0 saturated carbocycles. The van der Waals surface area contributed by atoms with E-state index in [1.165, 1.54) is 4.57 Å². The van der Waals surface area contributed by atoms with Gasteiger partial charge in [0.25, 0.3) is 10.8 Å². The fourth-order valence-electron chi connectivity index (χ4n) is 4.12. The highest BCUT2D eigenvalue weighted by atomic mass is 32.2. The lowest BCUT2D eigenvalue weighted by molar-refractivity contribution is 0.414. The van der Waals surface area contributed by atoms with Crippen molar-refractivity contribution in [2.24, 2.45) is 0 Å². The van der Waals surface area contributed by atoms with E-state index < -0.39 is 16.9 Å². The molecule has 0 bridgehead atoms. The molecule has 37 heavy (non-hydrogen) atoms. The molecule has 0 amide bonds. The summed E-state index contributed by atoms with van der Waals surface area (Å²) in [5.74, 6) is 0.134. The van der Waals surface area contributed by atoms with Crippen LogP contribution >= 0.6 is 11.8 Å². The third-order valence-electron chi connectivity index (χ3n) is 5.88. The number of benzene rings is 3. The van der Waals surface area contributed by atoms with Crippen molar-refractivity contribution in [1.82, 2.24) is 9.55 Å². The van der Waals surface area contributed by atoms with Crippen molar-refractivity contribution in [3.63, 3.8) is 0 Å². The predicted octanol–water partition coefficient (Wildman–Crippen LogP) is 5.62. The maximum Gasteiger partial charge on any atom is 0.354 e. The Morgan fingerprint density at radius 2 is 1.62 bits per heavy atom. The maximum atomic E-state index is 13.9. The summed E-state index contributed by atoms with van der Waals surface area (Å²) >= 11 is 0.799. The van der Waals surface area contributed by atoms with E-state index in [1.807, 2.05) is 36.4 Å². The van der Waals surface area contributed by atoms with Crippen LogP contribution in [-0.2, 0) is 0 Å². The van der Waals surface area contributed by atoms with E-state index in [9.17, 15) is 14.7 Å². The molecule has 9 heteroatoms. The molecule has 0 saturated heterocycles. The summed E-state index contributed by atoms with van der Waals surface area (Å²) in [6.45, 7) is 0. The Morgan fingerprint density at radius 1 is 0.892 bits per heavy atom. The lowest BCUT2D eigenvalue weighted by atomic mass is 10.1. The number of hydrogen-bond donors (Lipinski definition) is 1. The van der Waals surface area contributed by atoms with Gasteiger partial charge in [-0.1, -0.05) is 42.5 Å². The first-order chi connectivity index (χ1) is 18.0. The molecule has 3 aromatic heterocycles. The average molecular weight is 511 g/mol. The Bertz CT molecular complexity index is 1860. The van der Waals surface area contributed by atoms with Crippen LogP contribution in [0.1, 0.15) is 0 Å². The zero-order chi connectivity index (χ0) is 25.5. The van der Waals surface area contributed by atoms with Crippen LogP contribution in [0.3, 0.4) is 0 Å². The van der Waals surface area contributed by atoms with E-state index in [0.717, 1.165) is 17.3 Å². The van der Waals surface area contributed by atoms with E-state index in [1.54, 1.807) is 55.6 Å². The summed E-state index contributed by atoms with van der Waals surface area (Å²) in [6, 6.07) is 24.9. The molecule has 0 radical (unpaired) electrons. The highest BCUT2D eigenvalue weighted by Crippen LogP contribution is 2.37. The Kier molecular flexibility index (Phi) is 5.54. The third-order valence-corrected chi connectivity index (χ3v) is 6.79. The standard InChI is InChI=1S/C28H18N2O6S/c1-34-18-13-11-17(12-14-18)30-20(16-7-3-2-4-8-16)15-22-23(26(30)32)24(31)25(27(33)35-22)37-28-29-19-9-5-6-10-21(19)36-28/h2-15,31H,1H3. The summed E-state index contributed by atoms with van der Waals surface area (Å²) in [5, 5.41) is 11.2. The van der Waals surface area contributed by atoms with Crippen molar-refractivity contribution in [3.8, 4) is 28.4 Å². The van der Waals surface area contributed by atoms with Crippen molar-refractivity contribution in [3.05, 3.63) is 106 Å². The van der Waals surface area contributed by atoms with Crippen LogP contribution < -0.4 is 15.9 Å². The zero-order valence-corrected chi connectivity index (χ0v) is 20.2. The van der Waals surface area contributed by atoms with Crippen LogP contribution in [0.4, 0.5) is 0 Å². The number of methoxy groups -OCH3 is 1. The second kappa shape index (κ2) is 9.03. The Morgan fingerprint density at radius 3 is 2.35 bits per heavy atom. The molecule has 0 atom stereocenters. The first-order valence-corrected chi connectivity index (χ1v) is 12.0. The summed E-state index contributed by atoms with van der Waals surface area (Å²) in [6.07, 6.45) is 0. The van der Waals surface area contributed by atoms with E-state index in [-0.39, 0.29) is 21.1 Å². The van der Waals surface area contributed by atoms with Crippen LogP contribution in [0.25, 0.3) is 39.0 Å². The summed E-state index contributed by atoms with van der Waals surface area (Å²) in [4.78, 5) is 31.0. The number of para-hydroxylation sites is 2. The quantitative estimate of drug-likeness (QED) is 0.319. The topological polar surface area (TPSA) is 108 Å². The van der Waals surface area contributed by atoms with Crippen LogP contribution in [0, 0.1) is 0 Å².